The van der Waals surface area contributed by atoms with Gasteiger partial charge in [-0.15, -0.1) is 0 Å². The van der Waals surface area contributed by atoms with Gasteiger partial charge in [0.05, 0.1) is 5.02 Å². The zero-order chi connectivity index (χ0) is 29.6. The number of alkyl carbamates (subject to hydrolysis) is 1. The highest BCUT2D eigenvalue weighted by molar-refractivity contribution is 6.30. The lowest BCUT2D eigenvalue weighted by molar-refractivity contribution is -0.121. The summed E-state index contributed by atoms with van der Waals surface area (Å²) in [5.74, 6) is -0.475. The lowest BCUT2D eigenvalue weighted by atomic mass is 9.84. The molecule has 1 aromatic carbocycles. The second kappa shape index (κ2) is 13.4. The normalized spacial score (nSPS) is 17.3. The molecule has 10 nitrogen and oxygen atoms in total. The molecule has 0 unspecified atom stereocenters. The Bertz CT molecular complexity index is 1360. The first-order chi connectivity index (χ1) is 19.5. The third-order valence-electron chi connectivity index (χ3n) is 7.07. The molecular formula is C30H38ClN5O5. The predicted molar refractivity (Wildman–Crippen MR) is 159 cm³/mol. The summed E-state index contributed by atoms with van der Waals surface area (Å²) < 4.78 is 11.1. The highest BCUT2D eigenvalue weighted by Crippen LogP contribution is 2.34. The van der Waals surface area contributed by atoms with Crippen LogP contribution >= 0.6 is 11.6 Å². The Labute approximate surface area is 245 Å². The summed E-state index contributed by atoms with van der Waals surface area (Å²) in [6.45, 7) is 6.89. The first kappa shape index (κ1) is 30.3. The largest absolute Gasteiger partial charge is 0.449 e. The summed E-state index contributed by atoms with van der Waals surface area (Å²) in [5, 5.41) is 9.60. The second-order valence-corrected chi connectivity index (χ2v) is 11.8. The number of furan rings is 1. The Hall–Kier alpha value is -3.63. The summed E-state index contributed by atoms with van der Waals surface area (Å²) in [6.07, 6.45) is 5.09. The Morgan fingerprint density at radius 1 is 1.07 bits per heavy atom. The number of halogens is 1. The van der Waals surface area contributed by atoms with Gasteiger partial charge < -0.3 is 30.0 Å². The minimum Gasteiger partial charge on any atom is -0.449 e. The zero-order valence-electron chi connectivity index (χ0n) is 24.0. The van der Waals surface area contributed by atoms with Crippen molar-refractivity contribution in [3.8, 4) is 0 Å². The van der Waals surface area contributed by atoms with Crippen LogP contribution in [0.2, 0.25) is 5.02 Å². The van der Waals surface area contributed by atoms with E-state index in [1.54, 1.807) is 18.2 Å². The predicted octanol–water partition coefficient (Wildman–Crippen LogP) is 6.08. The fraction of sp³-hybridized carbons (Fsp3) is 0.467. The van der Waals surface area contributed by atoms with Crippen LogP contribution in [0, 0.1) is 5.92 Å². The molecule has 4 rings (SSSR count). The number of para-hydroxylation sites is 1. The third-order valence-corrected chi connectivity index (χ3v) is 7.29. The molecule has 3 N–H and O–H groups in total. The molecule has 0 atom stereocenters. The van der Waals surface area contributed by atoms with Crippen molar-refractivity contribution in [1.29, 1.82) is 0 Å². The van der Waals surface area contributed by atoms with Gasteiger partial charge in [0, 0.05) is 30.1 Å². The number of fused-ring (bicyclic) bond motifs is 1. The Balaban J connectivity index is 1.31. The van der Waals surface area contributed by atoms with Gasteiger partial charge in [0.25, 0.3) is 5.91 Å². The molecule has 41 heavy (non-hydrogen) atoms. The SMILES string of the molecule is CN(CCCNC(=O)OC(C)(C)C)[C@H]1CC[C@H](C(=O)Nc2c(C(=O)Nc3ccc(Cl)cn3)oc3ccccc23)CC1. The quantitative estimate of drug-likeness (QED) is 0.261. The number of anilines is 2. The van der Waals surface area contributed by atoms with Gasteiger partial charge in [0.2, 0.25) is 11.7 Å². The van der Waals surface area contributed by atoms with E-state index in [0.717, 1.165) is 38.6 Å². The van der Waals surface area contributed by atoms with Crippen molar-refractivity contribution < 1.29 is 23.5 Å². The van der Waals surface area contributed by atoms with Crippen LogP contribution in [0.25, 0.3) is 11.0 Å². The number of rotatable bonds is 9. The van der Waals surface area contributed by atoms with E-state index in [9.17, 15) is 14.4 Å². The molecule has 0 bridgehead atoms. The highest BCUT2D eigenvalue weighted by Gasteiger charge is 2.30. The Kier molecular flexibility index (Phi) is 9.88. The minimum absolute atomic E-state index is 0.0183. The average Bonchev–Trinajstić information content (AvgIpc) is 3.30. The number of aromatic nitrogens is 1. The molecule has 2 heterocycles. The summed E-state index contributed by atoms with van der Waals surface area (Å²) in [5.41, 5.74) is 0.344. The fourth-order valence-electron chi connectivity index (χ4n) is 4.97. The van der Waals surface area contributed by atoms with E-state index in [0.29, 0.717) is 40.1 Å². The molecule has 1 aliphatic rings. The van der Waals surface area contributed by atoms with Crippen molar-refractivity contribution in [3.05, 3.63) is 53.4 Å². The number of nitrogens with one attached hydrogen (secondary N) is 3. The molecule has 3 amide bonds. The molecule has 3 aromatic rings. The van der Waals surface area contributed by atoms with Gasteiger partial charge in [-0.2, -0.15) is 0 Å². The average molecular weight is 584 g/mol. The molecule has 1 aliphatic carbocycles. The van der Waals surface area contributed by atoms with Gasteiger partial charge >= 0.3 is 6.09 Å². The number of hydrogen-bond donors (Lipinski definition) is 3. The fourth-order valence-corrected chi connectivity index (χ4v) is 5.08. The second-order valence-electron chi connectivity index (χ2n) is 11.4. The summed E-state index contributed by atoms with van der Waals surface area (Å²) >= 11 is 5.90. The Morgan fingerprint density at radius 3 is 2.49 bits per heavy atom. The first-order valence-electron chi connectivity index (χ1n) is 13.9. The van der Waals surface area contributed by atoms with Crippen molar-refractivity contribution in [2.24, 2.45) is 5.92 Å². The van der Waals surface area contributed by atoms with Crippen LogP contribution in [0.1, 0.15) is 63.4 Å². The smallest absolute Gasteiger partial charge is 0.407 e. The van der Waals surface area contributed by atoms with E-state index in [2.05, 4.69) is 32.9 Å². The molecule has 0 aliphatic heterocycles. The van der Waals surface area contributed by atoms with Crippen LogP contribution in [0.3, 0.4) is 0 Å². The molecule has 1 fully saturated rings. The molecule has 1 saturated carbocycles. The molecule has 0 spiro atoms. The molecule has 220 valence electrons. The monoisotopic (exact) mass is 583 g/mol. The summed E-state index contributed by atoms with van der Waals surface area (Å²) in [7, 11) is 2.08. The van der Waals surface area contributed by atoms with Crippen molar-refractivity contribution in [2.45, 2.75) is 64.5 Å². The highest BCUT2D eigenvalue weighted by atomic mass is 35.5. The van der Waals surface area contributed by atoms with Crippen LogP contribution in [-0.4, -0.2) is 59.6 Å². The summed E-state index contributed by atoms with van der Waals surface area (Å²) in [6, 6.07) is 10.8. The molecule has 0 saturated heterocycles. The van der Waals surface area contributed by atoms with Crippen molar-refractivity contribution in [3.63, 3.8) is 0 Å². The van der Waals surface area contributed by atoms with Crippen LogP contribution < -0.4 is 16.0 Å². The third kappa shape index (κ3) is 8.43. The van der Waals surface area contributed by atoms with Crippen LogP contribution in [0.4, 0.5) is 16.3 Å². The lowest BCUT2D eigenvalue weighted by Crippen LogP contribution is -2.39. The van der Waals surface area contributed by atoms with Crippen molar-refractivity contribution >= 4 is 52.0 Å². The van der Waals surface area contributed by atoms with Crippen LogP contribution in [0.5, 0.6) is 0 Å². The van der Waals surface area contributed by atoms with Crippen molar-refractivity contribution in [1.82, 2.24) is 15.2 Å². The number of ether oxygens (including phenoxy) is 1. The topological polar surface area (TPSA) is 126 Å². The van der Waals surface area contributed by atoms with E-state index in [1.807, 2.05) is 39.0 Å². The molecule has 2 aromatic heterocycles. The molecular weight excluding hydrogens is 546 g/mol. The van der Waals surface area contributed by atoms with E-state index in [4.69, 9.17) is 20.8 Å². The number of nitrogens with zero attached hydrogens (tertiary/aromatic N) is 2. The number of pyridine rings is 1. The number of benzene rings is 1. The van der Waals surface area contributed by atoms with Gasteiger partial charge in [-0.1, -0.05) is 23.7 Å². The first-order valence-corrected chi connectivity index (χ1v) is 14.3. The van der Waals surface area contributed by atoms with Gasteiger partial charge in [0.1, 0.15) is 22.7 Å². The minimum atomic E-state index is -0.516. The molecule has 11 heteroatoms. The number of carbonyl (C=O) groups is 3. The lowest BCUT2D eigenvalue weighted by Gasteiger charge is -2.34. The van der Waals surface area contributed by atoms with Gasteiger partial charge in [0.15, 0.2) is 0 Å². The number of amides is 3. The maximum Gasteiger partial charge on any atom is 0.407 e. The van der Waals surface area contributed by atoms with Gasteiger partial charge in [-0.25, -0.2) is 9.78 Å². The Morgan fingerprint density at radius 2 is 1.80 bits per heavy atom. The number of hydrogen-bond acceptors (Lipinski definition) is 7. The van der Waals surface area contributed by atoms with E-state index >= 15 is 0 Å². The van der Waals surface area contributed by atoms with E-state index < -0.39 is 17.6 Å². The standard InChI is InChI=1S/C30H38ClN5O5/c1-30(2,3)41-29(39)32-16-7-17-36(4)21-13-10-19(11-14-21)27(37)35-25-22-8-5-6-9-23(22)40-26(25)28(38)34-24-15-12-20(31)18-33-24/h5-6,8-9,12,15,18-19,21H,7,10-11,13-14,16-17H2,1-4H3,(H,32,39)(H,35,37)(H,33,34,38)/t19-,21-. The van der Waals surface area contributed by atoms with Crippen molar-refractivity contribution in [2.75, 3.05) is 30.8 Å². The van der Waals surface area contributed by atoms with E-state index in [-0.39, 0.29) is 17.6 Å². The van der Waals surface area contributed by atoms with Crippen LogP contribution in [-0.2, 0) is 9.53 Å². The van der Waals surface area contributed by atoms with Gasteiger partial charge in [-0.05, 0) is 90.7 Å². The maximum absolute atomic E-state index is 13.4. The van der Waals surface area contributed by atoms with Gasteiger partial charge in [-0.3, -0.25) is 9.59 Å². The summed E-state index contributed by atoms with van der Waals surface area (Å²) in [4.78, 5) is 44.7. The number of carbonyl (C=O) groups excluding carboxylic acids is 3. The zero-order valence-corrected chi connectivity index (χ0v) is 24.7. The van der Waals surface area contributed by atoms with E-state index in [1.165, 1.54) is 6.20 Å². The maximum atomic E-state index is 13.4. The van der Waals surface area contributed by atoms with Crippen LogP contribution in [0.15, 0.2) is 47.0 Å². The molecule has 0 radical (unpaired) electrons.